The Balaban J connectivity index is 1.37. The molecule has 4 aromatic rings. The molecule has 0 bridgehead atoms. The molecule has 0 fully saturated rings. The minimum Gasteiger partial charge on any atom is -0.497 e. The topological polar surface area (TPSA) is 102 Å². The second-order valence-corrected chi connectivity index (χ2v) is 9.28. The molecule has 0 aliphatic heterocycles. The van der Waals surface area contributed by atoms with E-state index in [2.05, 4.69) is 15.0 Å². The van der Waals surface area contributed by atoms with Gasteiger partial charge in [0.1, 0.15) is 5.75 Å². The van der Waals surface area contributed by atoms with Crippen LogP contribution >= 0.6 is 11.3 Å². The van der Waals surface area contributed by atoms with E-state index in [1.165, 1.54) is 29.7 Å². The summed E-state index contributed by atoms with van der Waals surface area (Å²) in [7, 11) is -2.10. The van der Waals surface area contributed by atoms with Crippen molar-refractivity contribution in [3.63, 3.8) is 0 Å². The Morgan fingerprint density at radius 2 is 1.97 bits per heavy atom. The van der Waals surface area contributed by atoms with Gasteiger partial charge in [-0.2, -0.15) is 0 Å². The van der Waals surface area contributed by atoms with Gasteiger partial charge in [-0.1, -0.05) is 0 Å². The molecule has 8 nitrogen and oxygen atoms in total. The summed E-state index contributed by atoms with van der Waals surface area (Å²) in [6.45, 7) is 0.507. The van der Waals surface area contributed by atoms with Crippen LogP contribution in [0.3, 0.4) is 0 Å². The van der Waals surface area contributed by atoms with Crippen LogP contribution in [0.1, 0.15) is 6.42 Å². The van der Waals surface area contributed by atoms with Crippen LogP contribution in [0.5, 0.6) is 5.75 Å². The summed E-state index contributed by atoms with van der Waals surface area (Å²) in [6, 6.07) is 13.8. The van der Waals surface area contributed by atoms with Gasteiger partial charge in [-0.15, -0.1) is 11.3 Å². The van der Waals surface area contributed by atoms with Crippen molar-refractivity contribution in [2.45, 2.75) is 17.9 Å². The van der Waals surface area contributed by atoms with Crippen LogP contribution in [0.4, 0.5) is 10.8 Å². The fraction of sp³-hybridized carbons (Fsp3) is 0.143. The minimum atomic E-state index is -3.72. The predicted molar refractivity (Wildman–Crippen MR) is 121 cm³/mol. The highest BCUT2D eigenvalue weighted by Gasteiger charge is 2.15. The molecule has 2 heterocycles. The first kappa shape index (κ1) is 20.9. The van der Waals surface area contributed by atoms with Gasteiger partial charge in [0.25, 0.3) is 10.0 Å². The lowest BCUT2D eigenvalue weighted by atomic mass is 10.2. The molecule has 0 unspecified atom stereocenters. The fourth-order valence-electron chi connectivity index (χ4n) is 3.10. The maximum absolute atomic E-state index is 12.4. The molecule has 0 aliphatic rings. The van der Waals surface area contributed by atoms with E-state index in [-0.39, 0.29) is 17.2 Å². The van der Waals surface area contributed by atoms with Gasteiger partial charge in [0.2, 0.25) is 5.91 Å². The smallest absolute Gasteiger partial charge is 0.263 e. The van der Waals surface area contributed by atoms with Crippen molar-refractivity contribution in [3.05, 3.63) is 66.3 Å². The quantitative estimate of drug-likeness (QED) is 0.418. The van der Waals surface area contributed by atoms with Crippen molar-refractivity contribution in [1.29, 1.82) is 0 Å². The number of anilines is 2. The molecule has 31 heavy (non-hydrogen) atoms. The number of rotatable bonds is 8. The number of aryl methyl sites for hydroxylation is 1. The van der Waals surface area contributed by atoms with Gasteiger partial charge in [-0.05, 0) is 47.9 Å². The van der Waals surface area contributed by atoms with E-state index in [0.29, 0.717) is 17.4 Å². The maximum atomic E-state index is 12.4. The zero-order chi connectivity index (χ0) is 21.8. The highest BCUT2D eigenvalue weighted by molar-refractivity contribution is 7.93. The molecule has 1 amide bonds. The molecule has 2 aromatic carbocycles. The predicted octanol–water partition coefficient (Wildman–Crippen LogP) is 3.94. The number of nitrogens with one attached hydrogen (secondary N) is 2. The first-order valence-corrected chi connectivity index (χ1v) is 11.8. The van der Waals surface area contributed by atoms with E-state index < -0.39 is 10.0 Å². The summed E-state index contributed by atoms with van der Waals surface area (Å²) in [5.74, 6) is 0.595. The molecule has 2 N–H and O–H groups in total. The third-order valence-corrected chi connectivity index (χ3v) is 6.84. The van der Waals surface area contributed by atoms with Crippen molar-refractivity contribution in [3.8, 4) is 5.75 Å². The Labute approximate surface area is 183 Å². The van der Waals surface area contributed by atoms with Crippen LogP contribution in [0, 0.1) is 0 Å². The number of fused-ring (bicyclic) bond motifs is 1. The molecule has 160 valence electrons. The van der Waals surface area contributed by atoms with Crippen LogP contribution in [-0.2, 0) is 21.4 Å². The van der Waals surface area contributed by atoms with E-state index in [4.69, 9.17) is 4.74 Å². The van der Waals surface area contributed by atoms with Gasteiger partial charge in [-0.25, -0.2) is 13.4 Å². The minimum absolute atomic E-state index is 0.0912. The number of carbonyl (C=O) groups is 1. The fourth-order valence-corrected chi connectivity index (χ4v) is 4.89. The number of sulfonamides is 1. The second kappa shape index (κ2) is 8.78. The number of hydrogen-bond donors (Lipinski definition) is 2. The van der Waals surface area contributed by atoms with E-state index in [1.54, 1.807) is 24.6 Å². The summed E-state index contributed by atoms with van der Waals surface area (Å²) in [4.78, 5) is 16.4. The molecule has 0 aliphatic carbocycles. The van der Waals surface area contributed by atoms with Crippen molar-refractivity contribution < 1.29 is 17.9 Å². The average molecular weight is 457 g/mol. The number of amides is 1. The van der Waals surface area contributed by atoms with Crippen molar-refractivity contribution in [2.75, 3.05) is 17.1 Å². The number of ether oxygens (including phenoxy) is 1. The van der Waals surface area contributed by atoms with Gasteiger partial charge in [0.05, 0.1) is 17.5 Å². The number of hydrogen-bond acceptors (Lipinski definition) is 6. The summed E-state index contributed by atoms with van der Waals surface area (Å²) in [5, 5.41) is 5.85. The van der Waals surface area contributed by atoms with E-state index in [0.717, 1.165) is 16.7 Å². The van der Waals surface area contributed by atoms with E-state index in [9.17, 15) is 13.2 Å². The number of benzene rings is 2. The Kier molecular flexibility index (Phi) is 5.92. The number of nitrogens with zero attached hydrogens (tertiary/aromatic N) is 2. The zero-order valence-electron chi connectivity index (χ0n) is 16.6. The first-order chi connectivity index (χ1) is 14.9. The van der Waals surface area contributed by atoms with E-state index in [1.807, 2.05) is 35.0 Å². The molecular formula is C21H20N4O4S2. The molecule has 0 saturated carbocycles. The third kappa shape index (κ3) is 4.86. The lowest BCUT2D eigenvalue weighted by Gasteiger charge is -2.09. The van der Waals surface area contributed by atoms with E-state index >= 15 is 0 Å². The van der Waals surface area contributed by atoms with Crippen molar-refractivity contribution >= 4 is 49.0 Å². The molecule has 4 rings (SSSR count). The highest BCUT2D eigenvalue weighted by Crippen LogP contribution is 2.23. The molecule has 2 aromatic heterocycles. The molecule has 0 atom stereocenters. The van der Waals surface area contributed by atoms with Crippen molar-refractivity contribution in [1.82, 2.24) is 9.55 Å². The lowest BCUT2D eigenvalue weighted by Crippen LogP contribution is -2.15. The highest BCUT2D eigenvalue weighted by atomic mass is 32.2. The number of thiazole rings is 1. The molecule has 10 heteroatoms. The van der Waals surface area contributed by atoms with Crippen LogP contribution < -0.4 is 14.8 Å². The number of aromatic nitrogens is 2. The third-order valence-electron chi connectivity index (χ3n) is 4.66. The SMILES string of the molecule is COc1ccc2ccn(CCC(=O)Nc3ccc(S(=O)(=O)Nc4nccs4)cc3)c2c1. The summed E-state index contributed by atoms with van der Waals surface area (Å²) < 4.78 is 34.4. The van der Waals surface area contributed by atoms with Crippen LogP contribution in [0.15, 0.2) is 71.2 Å². The van der Waals surface area contributed by atoms with Gasteiger partial charge in [-0.3, -0.25) is 9.52 Å². The lowest BCUT2D eigenvalue weighted by molar-refractivity contribution is -0.116. The number of methoxy groups -OCH3 is 1. The summed E-state index contributed by atoms with van der Waals surface area (Å²) in [6.07, 6.45) is 3.73. The van der Waals surface area contributed by atoms with Gasteiger partial charge in [0.15, 0.2) is 5.13 Å². The largest absolute Gasteiger partial charge is 0.497 e. The maximum Gasteiger partial charge on any atom is 0.263 e. The van der Waals surface area contributed by atoms with Crippen LogP contribution in [-0.4, -0.2) is 31.0 Å². The van der Waals surface area contributed by atoms with Crippen LogP contribution in [0.25, 0.3) is 10.9 Å². The number of carbonyl (C=O) groups excluding carboxylic acids is 1. The summed E-state index contributed by atoms with van der Waals surface area (Å²) >= 11 is 1.20. The van der Waals surface area contributed by atoms with Gasteiger partial charge >= 0.3 is 0 Å². The molecule has 0 radical (unpaired) electrons. The molecule has 0 saturated heterocycles. The van der Waals surface area contributed by atoms with Gasteiger partial charge < -0.3 is 14.6 Å². The zero-order valence-corrected chi connectivity index (χ0v) is 18.2. The Morgan fingerprint density at radius 1 is 1.16 bits per heavy atom. The average Bonchev–Trinajstić information content (AvgIpc) is 3.41. The first-order valence-electron chi connectivity index (χ1n) is 9.40. The second-order valence-electron chi connectivity index (χ2n) is 6.70. The van der Waals surface area contributed by atoms with Crippen LogP contribution in [0.2, 0.25) is 0 Å². The monoisotopic (exact) mass is 456 g/mol. The Hall–Kier alpha value is -3.37. The summed E-state index contributed by atoms with van der Waals surface area (Å²) in [5.41, 5.74) is 1.52. The Morgan fingerprint density at radius 3 is 2.68 bits per heavy atom. The Bertz CT molecular complexity index is 1300. The normalized spacial score (nSPS) is 11.4. The standard InChI is InChI=1S/C21H20N4O4S2/c1-29-17-5-2-15-8-11-25(19(15)14-17)12-9-20(26)23-16-3-6-18(7-4-16)31(27,28)24-21-22-10-13-30-21/h2-8,10-11,13-14H,9,12H2,1H3,(H,22,24)(H,23,26). The van der Waals surface area contributed by atoms with Gasteiger partial charge in [0, 0.05) is 42.5 Å². The molecular weight excluding hydrogens is 436 g/mol. The molecule has 0 spiro atoms. The van der Waals surface area contributed by atoms with Crippen molar-refractivity contribution in [2.24, 2.45) is 0 Å².